The summed E-state index contributed by atoms with van der Waals surface area (Å²) in [6.45, 7) is 3.05. The number of benzene rings is 1. The minimum atomic E-state index is -0.310. The molecule has 10 heteroatoms. The summed E-state index contributed by atoms with van der Waals surface area (Å²) < 4.78 is 8.92. The van der Waals surface area contributed by atoms with E-state index in [-0.39, 0.29) is 18.1 Å². The third kappa shape index (κ3) is 3.44. The average Bonchev–Trinajstić information content (AvgIpc) is 3.58. The fourth-order valence-corrected chi connectivity index (χ4v) is 5.49. The van der Waals surface area contributed by atoms with Gasteiger partial charge in [-0.15, -0.1) is 5.10 Å². The molecular weight excluding hydrogens is 432 g/mol. The Morgan fingerprint density at radius 2 is 2.03 bits per heavy atom. The molecule has 2 aliphatic rings. The smallest absolute Gasteiger partial charge is 0.223 e. The third-order valence-corrected chi connectivity index (χ3v) is 7.47. The van der Waals surface area contributed by atoms with E-state index in [1.54, 1.807) is 11.6 Å². The SMILES string of the molecule is COc1ccc2c(c1)nc(N)n1nc([C@@H]3CC[C@H](C)N(c4cnn(C5CCC[C@H]5O)c4)C3)nc21. The van der Waals surface area contributed by atoms with Gasteiger partial charge in [0.25, 0.3) is 0 Å². The summed E-state index contributed by atoms with van der Waals surface area (Å²) in [5, 5.41) is 20.5. The van der Waals surface area contributed by atoms with Gasteiger partial charge >= 0.3 is 0 Å². The van der Waals surface area contributed by atoms with E-state index in [0.717, 1.165) is 66.8 Å². The van der Waals surface area contributed by atoms with Gasteiger partial charge in [0.15, 0.2) is 11.5 Å². The van der Waals surface area contributed by atoms with Crippen LogP contribution in [-0.4, -0.2) is 60.3 Å². The maximum Gasteiger partial charge on any atom is 0.223 e. The van der Waals surface area contributed by atoms with E-state index in [2.05, 4.69) is 28.1 Å². The second-order valence-electron chi connectivity index (χ2n) is 9.58. The van der Waals surface area contributed by atoms with Gasteiger partial charge in [0, 0.05) is 36.2 Å². The first-order chi connectivity index (χ1) is 16.5. The van der Waals surface area contributed by atoms with Crippen LogP contribution >= 0.6 is 0 Å². The van der Waals surface area contributed by atoms with Crippen molar-refractivity contribution in [2.45, 2.75) is 63.1 Å². The van der Waals surface area contributed by atoms with Gasteiger partial charge in [-0.05, 0) is 51.2 Å². The van der Waals surface area contributed by atoms with Crippen LogP contribution in [0, 0.1) is 0 Å². The molecule has 1 unspecified atom stereocenters. The molecule has 1 aliphatic carbocycles. The molecule has 0 spiro atoms. The number of methoxy groups -OCH3 is 1. The fraction of sp³-hybridized carbons (Fsp3) is 0.500. The normalized spacial score (nSPS) is 25.4. The van der Waals surface area contributed by atoms with Crippen LogP contribution in [0.5, 0.6) is 5.75 Å². The largest absolute Gasteiger partial charge is 0.497 e. The van der Waals surface area contributed by atoms with Crippen molar-refractivity contribution in [2.75, 3.05) is 24.3 Å². The van der Waals surface area contributed by atoms with Crippen molar-refractivity contribution in [3.05, 3.63) is 36.4 Å². The molecule has 4 aromatic rings. The van der Waals surface area contributed by atoms with E-state index in [9.17, 15) is 5.11 Å². The number of fused-ring (bicyclic) bond motifs is 3. The summed E-state index contributed by atoms with van der Waals surface area (Å²) in [5.74, 6) is 1.99. The van der Waals surface area contributed by atoms with Gasteiger partial charge in [0.2, 0.25) is 5.95 Å². The molecule has 2 fully saturated rings. The maximum atomic E-state index is 10.3. The predicted molar refractivity (Wildman–Crippen MR) is 129 cm³/mol. The van der Waals surface area contributed by atoms with Crippen LogP contribution in [0.4, 0.5) is 11.6 Å². The van der Waals surface area contributed by atoms with Gasteiger partial charge in [-0.1, -0.05) is 0 Å². The number of hydrogen-bond donors (Lipinski definition) is 2. The minimum Gasteiger partial charge on any atom is -0.497 e. The molecule has 3 N–H and O–H groups in total. The number of piperidine rings is 1. The zero-order valence-electron chi connectivity index (χ0n) is 19.5. The quantitative estimate of drug-likeness (QED) is 0.475. The number of aromatic nitrogens is 6. The Balaban J connectivity index is 1.31. The topological polar surface area (TPSA) is 120 Å². The Morgan fingerprint density at radius 1 is 1.15 bits per heavy atom. The average molecular weight is 463 g/mol. The molecule has 1 aliphatic heterocycles. The first-order valence-corrected chi connectivity index (χ1v) is 12.0. The first-order valence-electron chi connectivity index (χ1n) is 12.0. The summed E-state index contributed by atoms with van der Waals surface area (Å²) in [6.07, 6.45) is 8.59. The molecule has 0 amide bonds. The van der Waals surface area contributed by atoms with Crippen molar-refractivity contribution in [3.8, 4) is 5.75 Å². The number of aliphatic hydroxyl groups excluding tert-OH is 1. The molecule has 1 saturated heterocycles. The highest BCUT2D eigenvalue weighted by molar-refractivity contribution is 5.93. The number of aliphatic hydroxyl groups is 1. The minimum absolute atomic E-state index is 0.0760. The van der Waals surface area contributed by atoms with Crippen LogP contribution < -0.4 is 15.4 Å². The van der Waals surface area contributed by atoms with Crippen LogP contribution in [0.1, 0.15) is 56.8 Å². The van der Waals surface area contributed by atoms with Crippen molar-refractivity contribution in [3.63, 3.8) is 0 Å². The molecule has 1 aromatic carbocycles. The number of ether oxygens (including phenoxy) is 1. The first kappa shape index (κ1) is 21.2. The van der Waals surface area contributed by atoms with E-state index in [1.165, 1.54) is 0 Å². The van der Waals surface area contributed by atoms with E-state index < -0.39 is 0 Å². The van der Waals surface area contributed by atoms with Crippen molar-refractivity contribution in [1.82, 2.24) is 29.4 Å². The Labute approximate surface area is 197 Å². The van der Waals surface area contributed by atoms with Crippen LogP contribution in [-0.2, 0) is 0 Å². The van der Waals surface area contributed by atoms with E-state index in [1.807, 2.05) is 29.1 Å². The molecule has 3 aromatic heterocycles. The highest BCUT2D eigenvalue weighted by Crippen LogP contribution is 2.35. The molecule has 1 saturated carbocycles. The van der Waals surface area contributed by atoms with Gasteiger partial charge in [-0.25, -0.2) is 9.97 Å². The maximum absolute atomic E-state index is 10.3. The van der Waals surface area contributed by atoms with Gasteiger partial charge in [-0.2, -0.15) is 9.61 Å². The lowest BCUT2D eigenvalue weighted by Crippen LogP contribution is -2.41. The molecule has 0 bridgehead atoms. The lowest BCUT2D eigenvalue weighted by atomic mass is 9.92. The fourth-order valence-electron chi connectivity index (χ4n) is 5.49. The van der Waals surface area contributed by atoms with Crippen LogP contribution in [0.25, 0.3) is 16.6 Å². The number of hydrogen-bond acceptors (Lipinski definition) is 8. The van der Waals surface area contributed by atoms with Crippen LogP contribution in [0.15, 0.2) is 30.6 Å². The second kappa shape index (κ2) is 8.12. The van der Waals surface area contributed by atoms with Crippen LogP contribution in [0.2, 0.25) is 0 Å². The van der Waals surface area contributed by atoms with Crippen molar-refractivity contribution < 1.29 is 9.84 Å². The summed E-state index contributed by atoms with van der Waals surface area (Å²) in [7, 11) is 1.63. The Morgan fingerprint density at radius 3 is 2.82 bits per heavy atom. The zero-order valence-corrected chi connectivity index (χ0v) is 19.5. The van der Waals surface area contributed by atoms with Gasteiger partial charge in [0.1, 0.15) is 5.75 Å². The lowest BCUT2D eigenvalue weighted by molar-refractivity contribution is 0.130. The molecule has 34 heavy (non-hydrogen) atoms. The molecule has 0 radical (unpaired) electrons. The number of nitrogens with zero attached hydrogens (tertiary/aromatic N) is 7. The number of rotatable bonds is 4. The van der Waals surface area contributed by atoms with Crippen molar-refractivity contribution >= 4 is 28.2 Å². The summed E-state index contributed by atoms with van der Waals surface area (Å²) in [5.41, 5.74) is 8.78. The number of nitrogens with two attached hydrogens (primary N) is 1. The van der Waals surface area contributed by atoms with Crippen molar-refractivity contribution in [1.29, 1.82) is 0 Å². The Kier molecular flexibility index (Phi) is 5.05. The standard InChI is InChI=1S/C24H30N8O2/c1-14-6-7-15(12-30(14)16-11-26-31(13-16)20-4-3-5-21(20)33)22-28-23-18-9-8-17(34-2)10-19(18)27-24(25)32(23)29-22/h8-11,13-15,20-21,33H,3-7,12H2,1-2H3,(H2,25,27)/t14-,15+,20?,21+/m0/s1. The second-order valence-corrected chi connectivity index (χ2v) is 9.58. The Hall–Kier alpha value is -3.40. The monoisotopic (exact) mass is 462 g/mol. The summed E-state index contributed by atoms with van der Waals surface area (Å²) >= 11 is 0. The van der Waals surface area contributed by atoms with Gasteiger partial charge in [0.05, 0.1) is 36.7 Å². The molecule has 6 rings (SSSR count). The summed E-state index contributed by atoms with van der Waals surface area (Å²) in [4.78, 5) is 11.8. The number of anilines is 2. The Bertz CT molecular complexity index is 1350. The molecular formula is C24H30N8O2. The van der Waals surface area contributed by atoms with Gasteiger partial charge < -0.3 is 20.5 Å². The molecule has 10 nitrogen and oxygen atoms in total. The highest BCUT2D eigenvalue weighted by atomic mass is 16.5. The van der Waals surface area contributed by atoms with E-state index in [0.29, 0.717) is 17.6 Å². The van der Waals surface area contributed by atoms with E-state index >= 15 is 0 Å². The van der Waals surface area contributed by atoms with Crippen molar-refractivity contribution in [2.24, 2.45) is 0 Å². The third-order valence-electron chi connectivity index (χ3n) is 7.47. The molecule has 178 valence electrons. The highest BCUT2D eigenvalue weighted by Gasteiger charge is 2.32. The zero-order chi connectivity index (χ0) is 23.4. The predicted octanol–water partition coefficient (Wildman–Crippen LogP) is 2.92. The molecule has 4 heterocycles. The van der Waals surface area contributed by atoms with E-state index in [4.69, 9.17) is 20.6 Å². The van der Waals surface area contributed by atoms with Crippen LogP contribution in [0.3, 0.4) is 0 Å². The van der Waals surface area contributed by atoms with Gasteiger partial charge in [-0.3, -0.25) is 4.68 Å². The molecule has 4 atom stereocenters. The summed E-state index contributed by atoms with van der Waals surface area (Å²) in [6, 6.07) is 6.18. The lowest BCUT2D eigenvalue weighted by Gasteiger charge is -2.37. The number of nitrogen functional groups attached to an aromatic ring is 1.